The Kier molecular flexibility index (Phi) is 5.53. The molecule has 0 heterocycles. The van der Waals surface area contributed by atoms with Crippen molar-refractivity contribution < 1.29 is 14.7 Å². The van der Waals surface area contributed by atoms with Crippen LogP contribution in [0, 0.1) is 0 Å². The molecule has 0 aromatic heterocycles. The van der Waals surface area contributed by atoms with E-state index in [0.29, 0.717) is 12.2 Å². The quantitative estimate of drug-likeness (QED) is 0.657. The van der Waals surface area contributed by atoms with Crippen molar-refractivity contribution in [3.8, 4) is 0 Å². The van der Waals surface area contributed by atoms with Crippen LogP contribution in [0.4, 0.5) is 0 Å². The number of aliphatic carboxylic acids is 1. The molecule has 0 aromatic rings. The number of carboxylic acid groups (broad SMARTS) is 1. The smallest absolute Gasteiger partial charge is 0.326 e. The molecule has 2 N–H and O–H groups in total. The Bertz CT molecular complexity index is 172. The Hall–Kier alpha value is -0.710. The molecule has 0 rings (SSSR count). The summed E-state index contributed by atoms with van der Waals surface area (Å²) in [5.74, 6) is -0.896. The van der Waals surface area contributed by atoms with Crippen molar-refractivity contribution in [2.24, 2.45) is 0 Å². The fourth-order valence-electron chi connectivity index (χ4n) is 0.706. The van der Waals surface area contributed by atoms with Crippen LogP contribution in [-0.4, -0.2) is 35.0 Å². The maximum absolute atomic E-state index is 10.9. The molecule has 5 heteroatoms. The summed E-state index contributed by atoms with van der Waals surface area (Å²) in [5, 5.41) is 11.0. The van der Waals surface area contributed by atoms with Crippen LogP contribution in [0.1, 0.15) is 13.3 Å². The lowest BCUT2D eigenvalue weighted by molar-refractivity contribution is -0.141. The van der Waals surface area contributed by atoms with Gasteiger partial charge in [0, 0.05) is 0 Å². The zero-order valence-corrected chi connectivity index (χ0v) is 7.98. The van der Waals surface area contributed by atoms with Crippen LogP contribution in [0.3, 0.4) is 0 Å². The third-order valence-corrected chi connectivity index (χ3v) is 1.87. The van der Waals surface area contributed by atoms with Crippen molar-refractivity contribution in [2.45, 2.75) is 19.4 Å². The Morgan fingerprint density at radius 2 is 2.17 bits per heavy atom. The number of carbonyl (C=O) groups is 2. The minimum atomic E-state index is -0.980. The lowest BCUT2D eigenvalue weighted by Crippen LogP contribution is -2.41. The molecule has 0 radical (unpaired) electrons. The van der Waals surface area contributed by atoms with Crippen LogP contribution < -0.4 is 5.32 Å². The van der Waals surface area contributed by atoms with Crippen LogP contribution in [0.5, 0.6) is 0 Å². The number of rotatable bonds is 5. The predicted octanol–water partition coefficient (Wildman–Crippen LogP) is 0.329. The minimum Gasteiger partial charge on any atom is -0.480 e. The van der Waals surface area contributed by atoms with Gasteiger partial charge in [0.25, 0.3) is 0 Å². The van der Waals surface area contributed by atoms with Gasteiger partial charge in [0.05, 0.1) is 5.75 Å². The van der Waals surface area contributed by atoms with Gasteiger partial charge < -0.3 is 10.4 Å². The van der Waals surface area contributed by atoms with E-state index in [9.17, 15) is 9.59 Å². The molecule has 0 aromatic carbocycles. The third kappa shape index (κ3) is 4.23. The molecule has 1 atom stereocenters. The molecule has 0 aliphatic carbocycles. The highest BCUT2D eigenvalue weighted by molar-refractivity contribution is 7.99. The average molecular weight is 191 g/mol. The zero-order chi connectivity index (χ0) is 9.56. The van der Waals surface area contributed by atoms with Gasteiger partial charge in [-0.2, -0.15) is 11.8 Å². The number of hydrogen-bond donors (Lipinski definition) is 2. The largest absolute Gasteiger partial charge is 0.480 e. The van der Waals surface area contributed by atoms with Gasteiger partial charge in [-0.05, 0) is 12.7 Å². The topological polar surface area (TPSA) is 66.4 Å². The summed E-state index contributed by atoms with van der Waals surface area (Å²) < 4.78 is 0. The van der Waals surface area contributed by atoms with Crippen LogP contribution in [-0.2, 0) is 9.59 Å². The van der Waals surface area contributed by atoms with E-state index in [-0.39, 0.29) is 5.91 Å². The Morgan fingerprint density at radius 1 is 1.58 bits per heavy atom. The fourth-order valence-corrected chi connectivity index (χ4v) is 1.05. The number of amides is 1. The second-order valence-corrected chi connectivity index (χ2v) is 3.17. The first-order valence-electron chi connectivity index (χ1n) is 3.63. The standard InChI is InChI=1S/C7H13NO3S/c1-3-5(7(10)11)8-6(9)4-12-2/h5H,3-4H2,1-2H3,(H,8,9)(H,10,11)/t5-/m0/s1. The van der Waals surface area contributed by atoms with Gasteiger partial charge in [-0.3, -0.25) is 4.79 Å². The summed E-state index contributed by atoms with van der Waals surface area (Å²) in [6.45, 7) is 1.72. The van der Waals surface area contributed by atoms with E-state index >= 15 is 0 Å². The first kappa shape index (κ1) is 11.3. The van der Waals surface area contributed by atoms with E-state index in [1.165, 1.54) is 11.8 Å². The number of carboxylic acids is 1. The van der Waals surface area contributed by atoms with E-state index in [2.05, 4.69) is 5.32 Å². The molecule has 0 saturated heterocycles. The van der Waals surface area contributed by atoms with Crippen molar-refractivity contribution in [1.29, 1.82) is 0 Å². The molecule has 4 nitrogen and oxygen atoms in total. The molecular formula is C7H13NO3S. The van der Waals surface area contributed by atoms with E-state index in [0.717, 1.165) is 0 Å². The van der Waals surface area contributed by atoms with E-state index in [4.69, 9.17) is 5.11 Å². The fraction of sp³-hybridized carbons (Fsp3) is 0.714. The summed E-state index contributed by atoms with van der Waals surface area (Å²) in [6, 6.07) is -0.746. The molecule has 0 aliphatic rings. The molecule has 12 heavy (non-hydrogen) atoms. The van der Waals surface area contributed by atoms with Gasteiger partial charge in [-0.15, -0.1) is 0 Å². The average Bonchev–Trinajstić information content (AvgIpc) is 2.00. The van der Waals surface area contributed by atoms with E-state index < -0.39 is 12.0 Å². The summed E-state index contributed by atoms with van der Waals surface area (Å²) in [5.41, 5.74) is 0. The van der Waals surface area contributed by atoms with Gasteiger partial charge >= 0.3 is 5.97 Å². The highest BCUT2D eigenvalue weighted by atomic mass is 32.2. The third-order valence-electron chi connectivity index (χ3n) is 1.32. The predicted molar refractivity (Wildman–Crippen MR) is 48.2 cm³/mol. The van der Waals surface area contributed by atoms with Gasteiger partial charge in [0.15, 0.2) is 0 Å². The first-order chi connectivity index (χ1) is 5.61. The van der Waals surface area contributed by atoms with Crippen LogP contribution in [0.15, 0.2) is 0 Å². The molecule has 70 valence electrons. The Labute approximate surface area is 75.7 Å². The number of hydrogen-bond acceptors (Lipinski definition) is 3. The molecular weight excluding hydrogens is 178 g/mol. The summed E-state index contributed by atoms with van der Waals surface area (Å²) in [7, 11) is 0. The maximum Gasteiger partial charge on any atom is 0.326 e. The molecule has 0 unspecified atom stereocenters. The second-order valence-electron chi connectivity index (χ2n) is 2.30. The molecule has 0 aliphatic heterocycles. The summed E-state index contributed by atoms with van der Waals surface area (Å²) in [4.78, 5) is 21.4. The molecule has 0 spiro atoms. The van der Waals surface area contributed by atoms with Gasteiger partial charge in [-0.1, -0.05) is 6.92 Å². The van der Waals surface area contributed by atoms with E-state index in [1.54, 1.807) is 13.2 Å². The Morgan fingerprint density at radius 3 is 2.50 bits per heavy atom. The van der Waals surface area contributed by atoms with Crippen molar-refractivity contribution in [3.63, 3.8) is 0 Å². The minimum absolute atomic E-state index is 0.225. The van der Waals surface area contributed by atoms with Crippen molar-refractivity contribution in [1.82, 2.24) is 5.32 Å². The van der Waals surface area contributed by atoms with Crippen LogP contribution in [0.2, 0.25) is 0 Å². The monoisotopic (exact) mass is 191 g/mol. The molecule has 0 bridgehead atoms. The van der Waals surface area contributed by atoms with Crippen LogP contribution >= 0.6 is 11.8 Å². The van der Waals surface area contributed by atoms with E-state index in [1.807, 2.05) is 0 Å². The number of thioether (sulfide) groups is 1. The highest BCUT2D eigenvalue weighted by Crippen LogP contribution is 1.94. The van der Waals surface area contributed by atoms with Crippen molar-refractivity contribution in [3.05, 3.63) is 0 Å². The van der Waals surface area contributed by atoms with Gasteiger partial charge in [0.2, 0.25) is 5.91 Å². The van der Waals surface area contributed by atoms with Crippen molar-refractivity contribution >= 4 is 23.6 Å². The second kappa shape index (κ2) is 5.88. The number of nitrogens with one attached hydrogen (secondary N) is 1. The normalized spacial score (nSPS) is 12.2. The van der Waals surface area contributed by atoms with Crippen molar-refractivity contribution in [2.75, 3.05) is 12.0 Å². The number of carbonyl (C=O) groups excluding carboxylic acids is 1. The summed E-state index contributed by atoms with van der Waals surface area (Å²) >= 11 is 1.37. The van der Waals surface area contributed by atoms with Gasteiger partial charge in [0.1, 0.15) is 6.04 Å². The summed E-state index contributed by atoms with van der Waals surface area (Å²) in [6.07, 6.45) is 2.21. The SMILES string of the molecule is CC[C@H](NC(=O)CSC)C(=O)O. The van der Waals surface area contributed by atoms with Crippen LogP contribution in [0.25, 0.3) is 0 Å². The molecule has 1 amide bonds. The van der Waals surface area contributed by atoms with Gasteiger partial charge in [-0.25, -0.2) is 4.79 Å². The Balaban J connectivity index is 3.85. The molecule has 0 fully saturated rings. The molecule has 0 saturated carbocycles. The first-order valence-corrected chi connectivity index (χ1v) is 5.02. The lowest BCUT2D eigenvalue weighted by Gasteiger charge is -2.10. The zero-order valence-electron chi connectivity index (χ0n) is 7.16. The lowest BCUT2D eigenvalue weighted by atomic mass is 10.2. The highest BCUT2D eigenvalue weighted by Gasteiger charge is 2.16. The maximum atomic E-state index is 10.9.